The molecule has 2 saturated heterocycles. The van der Waals surface area contributed by atoms with E-state index in [9.17, 15) is 4.79 Å². The van der Waals surface area contributed by atoms with Gasteiger partial charge in [-0.2, -0.15) is 0 Å². The molecule has 0 saturated carbocycles. The zero-order valence-corrected chi connectivity index (χ0v) is 11.8. The summed E-state index contributed by atoms with van der Waals surface area (Å²) in [4.78, 5) is 13.4. The van der Waals surface area contributed by atoms with Crippen molar-refractivity contribution in [3.05, 3.63) is 0 Å². The molecule has 0 bridgehead atoms. The van der Waals surface area contributed by atoms with Crippen molar-refractivity contribution in [2.75, 3.05) is 19.8 Å². The molecule has 0 aliphatic carbocycles. The van der Waals surface area contributed by atoms with Gasteiger partial charge in [-0.25, -0.2) is 0 Å². The lowest BCUT2D eigenvalue weighted by molar-refractivity contribution is -0.142. The van der Waals surface area contributed by atoms with Crippen LogP contribution in [0.2, 0.25) is 0 Å². The maximum Gasteiger partial charge on any atom is 0.302 e. The Morgan fingerprint density at radius 3 is 2.89 bits per heavy atom. The van der Waals surface area contributed by atoms with Crippen molar-refractivity contribution >= 4 is 5.97 Å². The molecule has 104 valence electrons. The molecule has 2 aliphatic heterocycles. The molecule has 0 spiro atoms. The van der Waals surface area contributed by atoms with Crippen LogP contribution in [0.5, 0.6) is 0 Å². The number of hydrogen-bond donors (Lipinski definition) is 0. The number of esters is 1. The third-order valence-electron chi connectivity index (χ3n) is 4.20. The van der Waals surface area contributed by atoms with E-state index in [4.69, 9.17) is 9.47 Å². The zero-order valence-electron chi connectivity index (χ0n) is 11.8. The van der Waals surface area contributed by atoms with E-state index in [1.807, 2.05) is 0 Å². The lowest BCUT2D eigenvalue weighted by atomic mass is 9.95. The van der Waals surface area contributed by atoms with E-state index >= 15 is 0 Å². The molecule has 0 N–H and O–H groups in total. The molecule has 0 aromatic rings. The molecule has 0 unspecified atom stereocenters. The van der Waals surface area contributed by atoms with Crippen molar-refractivity contribution in [2.45, 2.75) is 64.1 Å². The standard InChI is InChI=1S/C14H25NO3/c1-11(2)18-10-14-6-4-8-15(14)13(5-7-14)9-17-12(3)16/h11,13H,4-10H2,1-3H3/t13-,14-/m1/s1. The first-order valence-electron chi connectivity index (χ1n) is 7.05. The fourth-order valence-electron chi connectivity index (χ4n) is 3.32. The van der Waals surface area contributed by atoms with Gasteiger partial charge < -0.3 is 9.47 Å². The summed E-state index contributed by atoms with van der Waals surface area (Å²) in [6.45, 7) is 8.13. The Bertz CT molecular complexity index is 305. The SMILES string of the molecule is CC(=O)OC[C@H]1CC[C@@]2(COC(C)C)CCCN12. The highest BCUT2D eigenvalue weighted by atomic mass is 16.5. The van der Waals surface area contributed by atoms with Gasteiger partial charge in [-0.15, -0.1) is 0 Å². The van der Waals surface area contributed by atoms with E-state index in [1.165, 1.54) is 26.2 Å². The van der Waals surface area contributed by atoms with Crippen LogP contribution in [0.4, 0.5) is 0 Å². The summed E-state index contributed by atoms with van der Waals surface area (Å²) in [6, 6.07) is 0.396. The molecule has 2 rings (SSSR count). The molecule has 0 radical (unpaired) electrons. The van der Waals surface area contributed by atoms with Crippen molar-refractivity contribution in [1.29, 1.82) is 0 Å². The van der Waals surface area contributed by atoms with E-state index < -0.39 is 0 Å². The lowest BCUT2D eigenvalue weighted by Gasteiger charge is -2.35. The highest BCUT2D eigenvalue weighted by Gasteiger charge is 2.49. The number of carbonyl (C=O) groups excluding carboxylic acids is 1. The Balaban J connectivity index is 1.93. The smallest absolute Gasteiger partial charge is 0.302 e. The summed E-state index contributed by atoms with van der Waals surface area (Å²) in [6.07, 6.45) is 5.03. The van der Waals surface area contributed by atoms with E-state index in [-0.39, 0.29) is 17.6 Å². The van der Waals surface area contributed by atoms with Crippen LogP contribution in [0.1, 0.15) is 46.5 Å². The Kier molecular flexibility index (Phi) is 4.28. The maximum absolute atomic E-state index is 10.9. The minimum atomic E-state index is -0.176. The molecule has 0 aromatic carbocycles. The van der Waals surface area contributed by atoms with Crippen molar-refractivity contribution in [1.82, 2.24) is 4.90 Å². The minimum Gasteiger partial charge on any atom is -0.464 e. The molecule has 18 heavy (non-hydrogen) atoms. The number of fused-ring (bicyclic) bond motifs is 1. The van der Waals surface area contributed by atoms with Crippen molar-refractivity contribution in [3.8, 4) is 0 Å². The van der Waals surface area contributed by atoms with Crippen molar-refractivity contribution in [3.63, 3.8) is 0 Å². The number of hydrogen-bond acceptors (Lipinski definition) is 4. The van der Waals surface area contributed by atoms with Crippen LogP contribution in [0.15, 0.2) is 0 Å². The van der Waals surface area contributed by atoms with E-state index in [0.717, 1.165) is 19.6 Å². The quantitative estimate of drug-likeness (QED) is 0.704. The first kappa shape index (κ1) is 13.8. The summed E-state index contributed by atoms with van der Waals surface area (Å²) in [5.41, 5.74) is 0.217. The maximum atomic E-state index is 10.9. The van der Waals surface area contributed by atoms with Gasteiger partial charge in [0.15, 0.2) is 0 Å². The monoisotopic (exact) mass is 255 g/mol. The van der Waals surface area contributed by atoms with E-state index in [1.54, 1.807) is 0 Å². The van der Waals surface area contributed by atoms with Gasteiger partial charge in [-0.1, -0.05) is 0 Å². The van der Waals surface area contributed by atoms with Gasteiger partial charge in [0.05, 0.1) is 12.7 Å². The third kappa shape index (κ3) is 2.86. The predicted molar refractivity (Wildman–Crippen MR) is 69.4 cm³/mol. The normalized spacial score (nSPS) is 31.9. The third-order valence-corrected chi connectivity index (χ3v) is 4.20. The van der Waals surface area contributed by atoms with Gasteiger partial charge in [0, 0.05) is 18.5 Å². The summed E-state index contributed by atoms with van der Waals surface area (Å²) in [5.74, 6) is -0.176. The number of carbonyl (C=O) groups is 1. The molecule has 0 aromatic heterocycles. The topological polar surface area (TPSA) is 38.8 Å². The molecular weight excluding hydrogens is 230 g/mol. The van der Waals surface area contributed by atoms with Crippen LogP contribution >= 0.6 is 0 Å². The summed E-state index contributed by atoms with van der Waals surface area (Å²) < 4.78 is 11.0. The largest absolute Gasteiger partial charge is 0.464 e. The highest BCUT2D eigenvalue weighted by molar-refractivity contribution is 5.65. The highest BCUT2D eigenvalue weighted by Crippen LogP contribution is 2.42. The average molecular weight is 255 g/mol. The molecule has 2 heterocycles. The Morgan fingerprint density at radius 1 is 1.44 bits per heavy atom. The molecule has 4 nitrogen and oxygen atoms in total. The summed E-state index contributed by atoms with van der Waals surface area (Å²) in [5, 5.41) is 0. The minimum absolute atomic E-state index is 0.176. The molecule has 0 amide bonds. The zero-order chi connectivity index (χ0) is 13.2. The van der Waals surface area contributed by atoms with Gasteiger partial charge in [0.25, 0.3) is 0 Å². The molecular formula is C14H25NO3. The van der Waals surface area contributed by atoms with Gasteiger partial charge in [-0.3, -0.25) is 9.69 Å². The van der Waals surface area contributed by atoms with Crippen molar-refractivity contribution in [2.24, 2.45) is 0 Å². The summed E-state index contributed by atoms with van der Waals surface area (Å²) >= 11 is 0. The lowest BCUT2D eigenvalue weighted by Crippen LogP contribution is -2.47. The number of ether oxygens (including phenoxy) is 2. The van der Waals surface area contributed by atoms with Gasteiger partial charge in [0.1, 0.15) is 6.61 Å². The fraction of sp³-hybridized carbons (Fsp3) is 0.929. The Morgan fingerprint density at radius 2 is 2.22 bits per heavy atom. The summed E-state index contributed by atoms with van der Waals surface area (Å²) in [7, 11) is 0. The fourth-order valence-corrected chi connectivity index (χ4v) is 3.32. The van der Waals surface area contributed by atoms with Crippen LogP contribution in [0, 0.1) is 0 Å². The van der Waals surface area contributed by atoms with Gasteiger partial charge >= 0.3 is 5.97 Å². The second-order valence-corrected chi connectivity index (χ2v) is 5.88. The van der Waals surface area contributed by atoms with Crippen molar-refractivity contribution < 1.29 is 14.3 Å². The van der Waals surface area contributed by atoms with Crippen LogP contribution in [-0.4, -0.2) is 48.3 Å². The Labute approximate surface area is 110 Å². The first-order valence-corrected chi connectivity index (χ1v) is 7.05. The first-order chi connectivity index (χ1) is 8.53. The average Bonchev–Trinajstić information content (AvgIpc) is 2.82. The van der Waals surface area contributed by atoms with Crippen LogP contribution < -0.4 is 0 Å². The number of nitrogens with zero attached hydrogens (tertiary/aromatic N) is 1. The molecule has 4 heteroatoms. The van der Waals surface area contributed by atoms with E-state index in [2.05, 4.69) is 18.7 Å². The molecule has 2 atom stereocenters. The predicted octanol–water partition coefficient (Wildman–Crippen LogP) is 1.97. The van der Waals surface area contributed by atoms with Crippen LogP contribution in [0.25, 0.3) is 0 Å². The van der Waals surface area contributed by atoms with Gasteiger partial charge in [-0.05, 0) is 46.1 Å². The Hall–Kier alpha value is -0.610. The van der Waals surface area contributed by atoms with Gasteiger partial charge in [0.2, 0.25) is 0 Å². The molecule has 2 fully saturated rings. The second-order valence-electron chi connectivity index (χ2n) is 5.88. The van der Waals surface area contributed by atoms with Crippen LogP contribution in [-0.2, 0) is 14.3 Å². The molecule has 2 aliphatic rings. The van der Waals surface area contributed by atoms with Crippen LogP contribution in [0.3, 0.4) is 0 Å². The number of rotatable bonds is 5. The second kappa shape index (κ2) is 5.57. The van der Waals surface area contributed by atoms with E-state index in [0.29, 0.717) is 12.6 Å².